The van der Waals surface area contributed by atoms with Crippen LogP contribution in [-0.2, 0) is 0 Å². The van der Waals surface area contributed by atoms with Gasteiger partial charge >= 0.3 is 0 Å². The van der Waals surface area contributed by atoms with Gasteiger partial charge in [-0.2, -0.15) is 0 Å². The SMILES string of the molecule is COc1cccc(C(=O)Nc2ccccc2C(C)Br)c1O. The number of amides is 1. The van der Waals surface area contributed by atoms with Gasteiger partial charge in [0.1, 0.15) is 0 Å². The van der Waals surface area contributed by atoms with Crippen LogP contribution in [-0.4, -0.2) is 18.1 Å². The van der Waals surface area contributed by atoms with Crippen molar-refractivity contribution in [3.05, 3.63) is 53.6 Å². The van der Waals surface area contributed by atoms with Crippen LogP contribution in [0.4, 0.5) is 5.69 Å². The molecule has 4 nitrogen and oxygen atoms in total. The molecule has 0 radical (unpaired) electrons. The fraction of sp³-hybridized carbons (Fsp3) is 0.188. The number of carbonyl (C=O) groups is 1. The van der Waals surface area contributed by atoms with Crippen molar-refractivity contribution in [2.45, 2.75) is 11.8 Å². The fourth-order valence-electron chi connectivity index (χ4n) is 2.02. The third-order valence-electron chi connectivity index (χ3n) is 3.10. The van der Waals surface area contributed by atoms with Gasteiger partial charge in [0.25, 0.3) is 5.91 Å². The highest BCUT2D eigenvalue weighted by Crippen LogP contribution is 2.32. The third kappa shape index (κ3) is 3.36. The Balaban J connectivity index is 2.31. The Labute approximate surface area is 131 Å². The molecule has 0 saturated carbocycles. The molecule has 0 aromatic heterocycles. The maximum absolute atomic E-state index is 12.3. The van der Waals surface area contributed by atoms with Crippen molar-refractivity contribution < 1.29 is 14.6 Å². The highest BCUT2D eigenvalue weighted by molar-refractivity contribution is 9.09. The molecule has 2 aromatic carbocycles. The molecular weight excluding hydrogens is 334 g/mol. The number of alkyl halides is 1. The molecule has 21 heavy (non-hydrogen) atoms. The van der Waals surface area contributed by atoms with E-state index in [9.17, 15) is 9.90 Å². The van der Waals surface area contributed by atoms with Crippen molar-refractivity contribution in [1.29, 1.82) is 0 Å². The molecule has 2 rings (SSSR count). The summed E-state index contributed by atoms with van der Waals surface area (Å²) in [6.45, 7) is 1.98. The first kappa shape index (κ1) is 15.4. The number of halogens is 1. The first-order chi connectivity index (χ1) is 10.0. The number of carbonyl (C=O) groups excluding carboxylic acids is 1. The van der Waals surface area contributed by atoms with E-state index in [0.29, 0.717) is 5.69 Å². The maximum Gasteiger partial charge on any atom is 0.259 e. The van der Waals surface area contributed by atoms with Crippen molar-refractivity contribution in [1.82, 2.24) is 0 Å². The van der Waals surface area contributed by atoms with E-state index in [-0.39, 0.29) is 27.8 Å². The summed E-state index contributed by atoms with van der Waals surface area (Å²) in [4.78, 5) is 12.4. The van der Waals surface area contributed by atoms with Crippen LogP contribution in [0.15, 0.2) is 42.5 Å². The molecule has 1 atom stereocenters. The van der Waals surface area contributed by atoms with Gasteiger partial charge in [-0.3, -0.25) is 4.79 Å². The van der Waals surface area contributed by atoms with Crippen LogP contribution < -0.4 is 10.1 Å². The van der Waals surface area contributed by atoms with Crippen molar-refractivity contribution in [2.24, 2.45) is 0 Å². The molecule has 0 aliphatic rings. The third-order valence-corrected chi connectivity index (χ3v) is 3.59. The molecule has 0 bridgehead atoms. The Morgan fingerprint density at radius 3 is 2.62 bits per heavy atom. The molecular formula is C16H16BrNO3. The summed E-state index contributed by atoms with van der Waals surface area (Å²) in [5.74, 6) is -0.279. The average Bonchev–Trinajstić information content (AvgIpc) is 2.47. The van der Waals surface area contributed by atoms with Crippen LogP contribution in [0.1, 0.15) is 27.7 Å². The normalized spacial score (nSPS) is 11.8. The second-order valence-electron chi connectivity index (χ2n) is 4.51. The quantitative estimate of drug-likeness (QED) is 0.816. The highest BCUT2D eigenvalue weighted by Gasteiger charge is 2.16. The van der Waals surface area contributed by atoms with Crippen LogP contribution >= 0.6 is 15.9 Å². The predicted octanol–water partition coefficient (Wildman–Crippen LogP) is 4.11. The van der Waals surface area contributed by atoms with Gasteiger partial charge in [0.05, 0.1) is 12.7 Å². The van der Waals surface area contributed by atoms with E-state index in [1.807, 2.05) is 31.2 Å². The first-order valence-corrected chi connectivity index (χ1v) is 7.36. The first-order valence-electron chi connectivity index (χ1n) is 6.45. The van der Waals surface area contributed by atoms with Gasteiger partial charge in [0.15, 0.2) is 11.5 Å². The minimum Gasteiger partial charge on any atom is -0.504 e. The Morgan fingerprint density at radius 2 is 1.95 bits per heavy atom. The molecule has 0 spiro atoms. The smallest absolute Gasteiger partial charge is 0.259 e. The van der Waals surface area contributed by atoms with Crippen molar-refractivity contribution in [3.63, 3.8) is 0 Å². The number of hydrogen-bond donors (Lipinski definition) is 2. The zero-order valence-electron chi connectivity index (χ0n) is 11.8. The summed E-state index contributed by atoms with van der Waals surface area (Å²) in [6.07, 6.45) is 0. The van der Waals surface area contributed by atoms with E-state index < -0.39 is 0 Å². The Morgan fingerprint density at radius 1 is 1.24 bits per heavy atom. The van der Waals surface area contributed by atoms with Gasteiger partial charge in [-0.15, -0.1) is 0 Å². The van der Waals surface area contributed by atoms with Crippen molar-refractivity contribution in [3.8, 4) is 11.5 Å². The minimum absolute atomic E-state index is 0.105. The second kappa shape index (κ2) is 6.63. The van der Waals surface area contributed by atoms with Crippen LogP contribution in [0, 0.1) is 0 Å². The number of aromatic hydroxyl groups is 1. The summed E-state index contributed by atoms with van der Waals surface area (Å²) in [5, 5.41) is 12.8. The van der Waals surface area contributed by atoms with Gasteiger partial charge in [0.2, 0.25) is 0 Å². The Kier molecular flexibility index (Phi) is 4.85. The molecule has 0 saturated heterocycles. The average molecular weight is 350 g/mol. The molecule has 2 aromatic rings. The van der Waals surface area contributed by atoms with E-state index in [1.54, 1.807) is 18.2 Å². The molecule has 1 amide bonds. The summed E-state index contributed by atoms with van der Waals surface area (Å²) < 4.78 is 5.01. The van der Waals surface area contributed by atoms with Crippen LogP contribution in [0.25, 0.3) is 0 Å². The van der Waals surface area contributed by atoms with E-state index in [0.717, 1.165) is 5.56 Å². The monoisotopic (exact) mass is 349 g/mol. The van der Waals surface area contributed by atoms with E-state index in [2.05, 4.69) is 21.2 Å². The van der Waals surface area contributed by atoms with Crippen molar-refractivity contribution in [2.75, 3.05) is 12.4 Å². The van der Waals surface area contributed by atoms with Gasteiger partial charge in [-0.05, 0) is 30.7 Å². The molecule has 2 N–H and O–H groups in total. The van der Waals surface area contributed by atoms with Gasteiger partial charge in [-0.25, -0.2) is 0 Å². The largest absolute Gasteiger partial charge is 0.504 e. The van der Waals surface area contributed by atoms with Gasteiger partial charge in [0, 0.05) is 10.5 Å². The highest BCUT2D eigenvalue weighted by atomic mass is 79.9. The zero-order chi connectivity index (χ0) is 15.4. The molecule has 0 aliphatic carbocycles. The van der Waals surface area contributed by atoms with Gasteiger partial charge in [-0.1, -0.05) is 40.2 Å². The number of rotatable bonds is 4. The van der Waals surface area contributed by atoms with Crippen LogP contribution in [0.5, 0.6) is 11.5 Å². The predicted molar refractivity (Wildman–Crippen MR) is 86.4 cm³/mol. The second-order valence-corrected chi connectivity index (χ2v) is 5.89. The van der Waals surface area contributed by atoms with Crippen molar-refractivity contribution >= 4 is 27.5 Å². The minimum atomic E-state index is -0.382. The zero-order valence-corrected chi connectivity index (χ0v) is 13.3. The van der Waals surface area contributed by atoms with Gasteiger partial charge < -0.3 is 15.2 Å². The molecule has 110 valence electrons. The number of ether oxygens (including phenoxy) is 1. The summed E-state index contributed by atoms with van der Waals surface area (Å²) in [5.41, 5.74) is 1.84. The maximum atomic E-state index is 12.3. The van der Waals surface area contributed by atoms with E-state index >= 15 is 0 Å². The number of hydrogen-bond acceptors (Lipinski definition) is 3. The number of para-hydroxylation sites is 2. The van der Waals surface area contributed by atoms with E-state index in [4.69, 9.17) is 4.74 Å². The molecule has 0 fully saturated rings. The van der Waals surface area contributed by atoms with E-state index in [1.165, 1.54) is 7.11 Å². The lowest BCUT2D eigenvalue weighted by Crippen LogP contribution is -2.13. The number of phenols is 1. The number of benzene rings is 2. The number of anilines is 1. The summed E-state index contributed by atoms with van der Waals surface area (Å²) in [7, 11) is 1.44. The summed E-state index contributed by atoms with van der Waals surface area (Å²) >= 11 is 3.50. The number of nitrogens with one attached hydrogen (secondary N) is 1. The standard InChI is InChI=1S/C16H16BrNO3/c1-10(17)11-6-3-4-8-13(11)18-16(20)12-7-5-9-14(21-2)15(12)19/h3-10,19H,1-2H3,(H,18,20). The summed E-state index contributed by atoms with van der Waals surface area (Å²) in [6, 6.07) is 12.3. The van der Waals surface area contributed by atoms with Crippen LogP contribution in [0.2, 0.25) is 0 Å². The lowest BCUT2D eigenvalue weighted by Gasteiger charge is -2.14. The Hall–Kier alpha value is -2.01. The topological polar surface area (TPSA) is 58.6 Å². The number of methoxy groups -OCH3 is 1. The number of phenolic OH excluding ortho intramolecular Hbond substituents is 1. The van der Waals surface area contributed by atoms with Crippen LogP contribution in [0.3, 0.4) is 0 Å². The molecule has 0 aliphatic heterocycles. The molecule has 1 unspecified atom stereocenters. The Bertz CT molecular complexity index is 656. The lowest BCUT2D eigenvalue weighted by atomic mass is 10.1. The fourth-order valence-corrected chi connectivity index (χ4v) is 2.42. The molecule has 0 heterocycles. The molecule has 5 heteroatoms. The lowest BCUT2D eigenvalue weighted by molar-refractivity contribution is 0.102.